The van der Waals surface area contributed by atoms with Crippen LogP contribution in [0.15, 0.2) is 28.3 Å². The van der Waals surface area contributed by atoms with Gasteiger partial charge in [-0.15, -0.1) is 11.3 Å². The number of nitrogens with zero attached hydrogens (tertiary/aromatic N) is 1. The number of hydrogen-bond acceptors (Lipinski definition) is 3. The molecule has 2 heterocycles. The minimum absolute atomic E-state index is 0.926. The van der Waals surface area contributed by atoms with Crippen LogP contribution in [0.3, 0.4) is 0 Å². The van der Waals surface area contributed by atoms with Gasteiger partial charge >= 0.3 is 0 Å². The van der Waals surface area contributed by atoms with Crippen LogP contribution in [-0.4, -0.2) is 5.16 Å². The van der Waals surface area contributed by atoms with Crippen LogP contribution in [0.5, 0.6) is 0 Å². The van der Waals surface area contributed by atoms with Crippen LogP contribution < -0.4 is 0 Å². The van der Waals surface area contributed by atoms with Crippen molar-refractivity contribution in [3.63, 3.8) is 0 Å². The fraction of sp³-hybridized carbons (Fsp3) is 0. The molecule has 2 nitrogen and oxygen atoms in total. The van der Waals surface area contributed by atoms with Crippen LogP contribution in [-0.2, 0) is 0 Å². The van der Waals surface area contributed by atoms with Crippen LogP contribution in [0.1, 0.15) is 0 Å². The Bertz CT molecular complexity index is 253. The van der Waals surface area contributed by atoms with Gasteiger partial charge in [-0.25, -0.2) is 0 Å². The van der Waals surface area contributed by atoms with Gasteiger partial charge in [-0.3, -0.25) is 0 Å². The first-order valence-corrected chi connectivity index (χ1v) is 3.71. The molecule has 0 N–H and O–H groups in total. The summed E-state index contributed by atoms with van der Waals surface area (Å²) < 4.78 is 4.64. The lowest BCUT2D eigenvalue weighted by Crippen LogP contribution is -1.60. The first-order chi connectivity index (χ1) is 4.97. The summed E-state index contributed by atoms with van der Waals surface area (Å²) in [5.74, 6) is 0. The second-order valence-corrected chi connectivity index (χ2v) is 2.77. The van der Waals surface area contributed by atoms with Crippen molar-refractivity contribution >= 4 is 11.3 Å². The Morgan fingerprint density at radius 1 is 1.60 bits per heavy atom. The van der Waals surface area contributed by atoms with E-state index in [0.29, 0.717) is 0 Å². The van der Waals surface area contributed by atoms with Crippen molar-refractivity contribution < 1.29 is 4.52 Å². The molecule has 0 amide bonds. The lowest BCUT2D eigenvalue weighted by Gasteiger charge is -1.81. The number of rotatable bonds is 1. The van der Waals surface area contributed by atoms with Crippen molar-refractivity contribution in [2.75, 3.05) is 0 Å². The molecule has 0 saturated carbocycles. The third kappa shape index (κ3) is 0.844. The first-order valence-electron chi connectivity index (χ1n) is 2.83. The Morgan fingerprint density at radius 3 is 3.20 bits per heavy atom. The van der Waals surface area contributed by atoms with E-state index in [0.717, 1.165) is 10.4 Å². The van der Waals surface area contributed by atoms with Gasteiger partial charge in [0.1, 0.15) is 12.5 Å². The van der Waals surface area contributed by atoms with E-state index in [9.17, 15) is 0 Å². The highest BCUT2D eigenvalue weighted by Gasteiger charge is 1.99. The van der Waals surface area contributed by atoms with E-state index < -0.39 is 0 Å². The standard InChI is InChI=1S/C7H4NOS/c1-2-7(10-3-1)6-4-8-9-5-6/h1-3,5H. The summed E-state index contributed by atoms with van der Waals surface area (Å²) in [6.45, 7) is 0. The predicted octanol–water partition coefficient (Wildman–Crippen LogP) is 2.20. The Hall–Kier alpha value is -1.09. The van der Waals surface area contributed by atoms with Gasteiger partial charge in [-0.05, 0) is 11.4 Å². The van der Waals surface area contributed by atoms with Crippen LogP contribution in [0.2, 0.25) is 0 Å². The zero-order valence-electron chi connectivity index (χ0n) is 5.07. The van der Waals surface area contributed by atoms with Gasteiger partial charge in [-0.2, -0.15) is 0 Å². The van der Waals surface area contributed by atoms with Crippen molar-refractivity contribution in [3.05, 3.63) is 30.0 Å². The molecular weight excluding hydrogens is 146 g/mol. The van der Waals surface area contributed by atoms with E-state index in [1.54, 1.807) is 17.6 Å². The molecule has 2 rings (SSSR count). The molecule has 0 bridgehead atoms. The molecule has 2 aromatic rings. The van der Waals surface area contributed by atoms with Crippen molar-refractivity contribution in [2.24, 2.45) is 0 Å². The maximum atomic E-state index is 4.64. The van der Waals surface area contributed by atoms with Crippen molar-refractivity contribution in [3.8, 4) is 10.4 Å². The zero-order chi connectivity index (χ0) is 6.81. The number of aromatic nitrogens is 1. The van der Waals surface area contributed by atoms with Crippen LogP contribution >= 0.6 is 11.3 Å². The second-order valence-electron chi connectivity index (χ2n) is 1.82. The average molecular weight is 150 g/mol. The highest BCUT2D eigenvalue weighted by molar-refractivity contribution is 7.13. The van der Waals surface area contributed by atoms with Crippen LogP contribution in [0.4, 0.5) is 0 Å². The average Bonchev–Trinajstić information content (AvgIpc) is 2.59. The summed E-state index contributed by atoms with van der Waals surface area (Å²) in [5.41, 5.74) is 0.926. The molecule has 3 heteroatoms. The van der Waals surface area contributed by atoms with Gasteiger partial charge in [-0.1, -0.05) is 11.2 Å². The van der Waals surface area contributed by atoms with Crippen molar-refractivity contribution in [2.45, 2.75) is 0 Å². The molecule has 0 saturated heterocycles. The predicted molar refractivity (Wildman–Crippen MR) is 38.7 cm³/mol. The fourth-order valence-electron chi connectivity index (χ4n) is 0.726. The molecule has 2 aromatic heterocycles. The highest BCUT2D eigenvalue weighted by Crippen LogP contribution is 2.22. The van der Waals surface area contributed by atoms with E-state index in [-0.39, 0.29) is 0 Å². The second kappa shape index (κ2) is 2.27. The monoisotopic (exact) mass is 150 g/mol. The zero-order valence-corrected chi connectivity index (χ0v) is 5.89. The summed E-state index contributed by atoms with van der Waals surface area (Å²) in [5, 5.41) is 5.49. The molecule has 0 spiro atoms. The Kier molecular flexibility index (Phi) is 1.29. The third-order valence-electron chi connectivity index (χ3n) is 1.18. The molecule has 10 heavy (non-hydrogen) atoms. The quantitative estimate of drug-likeness (QED) is 0.622. The smallest absolute Gasteiger partial charge is 0.145 e. The summed E-state index contributed by atoms with van der Waals surface area (Å²) in [6, 6.07) is 3.99. The molecule has 1 radical (unpaired) electrons. The van der Waals surface area contributed by atoms with Crippen LogP contribution in [0, 0.1) is 6.20 Å². The van der Waals surface area contributed by atoms with Gasteiger partial charge in [0, 0.05) is 4.88 Å². The Labute approximate surface area is 62.1 Å². The van der Waals surface area contributed by atoms with Crippen molar-refractivity contribution in [1.82, 2.24) is 5.16 Å². The minimum atomic E-state index is 0.926. The van der Waals surface area contributed by atoms with E-state index in [4.69, 9.17) is 0 Å². The highest BCUT2D eigenvalue weighted by atomic mass is 32.1. The minimum Gasteiger partial charge on any atom is -0.363 e. The lowest BCUT2D eigenvalue weighted by molar-refractivity contribution is 0.418. The lowest BCUT2D eigenvalue weighted by atomic mass is 10.3. The molecule has 0 atom stereocenters. The number of thiophene rings is 1. The molecule has 0 fully saturated rings. The molecule has 0 aliphatic carbocycles. The Morgan fingerprint density at radius 2 is 2.60 bits per heavy atom. The topological polar surface area (TPSA) is 26.0 Å². The van der Waals surface area contributed by atoms with E-state index in [2.05, 4.69) is 15.9 Å². The number of hydrogen-bond donors (Lipinski definition) is 0. The normalized spacial score (nSPS) is 10.0. The summed E-state index contributed by atoms with van der Waals surface area (Å²) >= 11 is 1.65. The van der Waals surface area contributed by atoms with E-state index in [1.165, 1.54) is 0 Å². The summed E-state index contributed by atoms with van der Waals surface area (Å²) in [7, 11) is 0. The summed E-state index contributed by atoms with van der Waals surface area (Å²) in [6.07, 6.45) is 4.32. The Balaban J connectivity index is 2.48. The molecule has 0 unspecified atom stereocenters. The van der Waals surface area contributed by atoms with E-state index >= 15 is 0 Å². The largest absolute Gasteiger partial charge is 0.363 e. The van der Waals surface area contributed by atoms with Crippen molar-refractivity contribution in [1.29, 1.82) is 0 Å². The molecular formula is C7H4NOS. The SMILES string of the molecule is [c]1nocc1-c1cccs1. The van der Waals surface area contributed by atoms with E-state index in [1.807, 2.05) is 17.5 Å². The van der Waals surface area contributed by atoms with Crippen LogP contribution in [0.25, 0.3) is 10.4 Å². The molecule has 49 valence electrons. The van der Waals surface area contributed by atoms with Gasteiger partial charge in [0.25, 0.3) is 0 Å². The van der Waals surface area contributed by atoms with Gasteiger partial charge in [0.05, 0.1) is 5.56 Å². The fourth-order valence-corrected chi connectivity index (χ4v) is 1.41. The molecule has 0 aliphatic rings. The first kappa shape index (κ1) is 5.68. The third-order valence-corrected chi connectivity index (χ3v) is 2.08. The van der Waals surface area contributed by atoms with Gasteiger partial charge in [0.15, 0.2) is 0 Å². The molecule has 0 aromatic carbocycles. The maximum Gasteiger partial charge on any atom is 0.145 e. The molecule has 0 aliphatic heterocycles. The van der Waals surface area contributed by atoms with Gasteiger partial charge in [0.2, 0.25) is 0 Å². The van der Waals surface area contributed by atoms with Gasteiger partial charge < -0.3 is 4.52 Å². The maximum absolute atomic E-state index is 4.64. The summed E-state index contributed by atoms with van der Waals surface area (Å²) in [4.78, 5) is 1.14.